The van der Waals surface area contributed by atoms with Gasteiger partial charge in [0.1, 0.15) is 17.9 Å². The summed E-state index contributed by atoms with van der Waals surface area (Å²) in [6.45, 7) is 15.1. The molecule has 2 aromatic rings. The lowest BCUT2D eigenvalue weighted by atomic mass is 9.45. The lowest BCUT2D eigenvalue weighted by Gasteiger charge is -2.62. The minimum Gasteiger partial charge on any atom is -0.496 e. The zero-order chi connectivity index (χ0) is 38.3. The Morgan fingerprint density at radius 2 is 1.85 bits per heavy atom. The molecular formula is C40H62N4O7S. The molecule has 2 aromatic carbocycles. The average Bonchev–Trinajstić information content (AvgIpc) is 3.42. The lowest BCUT2D eigenvalue weighted by molar-refractivity contribution is -0.183. The third-order valence-electron chi connectivity index (χ3n) is 11.9. The van der Waals surface area contributed by atoms with Gasteiger partial charge in [0.05, 0.1) is 31.3 Å². The number of likely N-dealkylation sites (N-methyl/N-ethyl adjacent to an activating group) is 1. The fraction of sp³-hybridized carbons (Fsp3) is 0.675. The molecule has 12 heteroatoms. The normalized spacial score (nSPS) is 28.7. The van der Waals surface area contributed by atoms with Crippen molar-refractivity contribution in [3.63, 3.8) is 0 Å². The Hall–Kier alpha value is -2.58. The van der Waals surface area contributed by atoms with Crippen LogP contribution in [0.5, 0.6) is 5.75 Å². The molecular weight excluding hydrogens is 681 g/mol. The van der Waals surface area contributed by atoms with Crippen LogP contribution >= 0.6 is 0 Å². The number of methoxy groups -OCH3 is 1. The van der Waals surface area contributed by atoms with Gasteiger partial charge in [0, 0.05) is 35.7 Å². The molecule has 1 saturated heterocycles. The smallest absolute Gasteiger partial charge is 0.240 e. The van der Waals surface area contributed by atoms with Gasteiger partial charge in [0.25, 0.3) is 0 Å². The Labute approximate surface area is 311 Å². The molecule has 4 aliphatic rings. The molecule has 0 radical (unpaired) electrons. The number of hydrogen-bond acceptors (Lipinski definition) is 9. The maximum atomic E-state index is 14.2. The third kappa shape index (κ3) is 8.53. The van der Waals surface area contributed by atoms with Gasteiger partial charge in [-0.25, -0.2) is 13.1 Å². The van der Waals surface area contributed by atoms with Gasteiger partial charge in [-0.3, -0.25) is 9.63 Å². The molecule has 6 rings (SSSR count). The third-order valence-corrected chi connectivity index (χ3v) is 13.4. The number of sulfonamides is 1. The topological polar surface area (TPSA) is 141 Å². The second kappa shape index (κ2) is 15.6. The molecule has 0 spiro atoms. The van der Waals surface area contributed by atoms with Crippen molar-refractivity contribution in [1.82, 2.24) is 20.0 Å². The van der Waals surface area contributed by atoms with Crippen LogP contribution in [0.1, 0.15) is 73.3 Å². The van der Waals surface area contributed by atoms with Crippen molar-refractivity contribution in [2.24, 2.45) is 34.5 Å². The van der Waals surface area contributed by atoms with Crippen molar-refractivity contribution in [1.29, 1.82) is 0 Å². The fourth-order valence-corrected chi connectivity index (χ4v) is 10.5. The van der Waals surface area contributed by atoms with Gasteiger partial charge in [0.2, 0.25) is 15.9 Å². The molecule has 9 atom stereocenters. The van der Waals surface area contributed by atoms with Crippen molar-refractivity contribution in [2.45, 2.75) is 110 Å². The first-order chi connectivity index (χ1) is 24.3. The number of benzene rings is 2. The van der Waals surface area contributed by atoms with Gasteiger partial charge in [-0.2, -0.15) is 5.06 Å². The molecule has 11 nitrogen and oxygen atoms in total. The van der Waals surface area contributed by atoms with E-state index in [-0.39, 0.29) is 46.9 Å². The number of fused-ring (bicyclic) bond motifs is 2. The van der Waals surface area contributed by atoms with Crippen molar-refractivity contribution in [2.75, 3.05) is 34.4 Å². The molecule has 2 bridgehead atoms. The number of hydrogen-bond donors (Lipinski definition) is 4. The summed E-state index contributed by atoms with van der Waals surface area (Å²) in [5.41, 5.74) is 2.24. The summed E-state index contributed by atoms with van der Waals surface area (Å²) in [5.74, 6) is 1.05. The minimum absolute atomic E-state index is 0.0245. The van der Waals surface area contributed by atoms with E-state index in [0.717, 1.165) is 6.42 Å². The summed E-state index contributed by atoms with van der Waals surface area (Å²) < 4.78 is 36.4. The quantitative estimate of drug-likeness (QED) is 0.218. The first-order valence-electron chi connectivity index (χ1n) is 18.7. The Morgan fingerprint density at radius 3 is 2.42 bits per heavy atom. The van der Waals surface area contributed by atoms with Crippen LogP contribution in [0.15, 0.2) is 47.4 Å². The number of nitrogens with one attached hydrogen (secondary N) is 2. The number of hydroxylamine groups is 2. The van der Waals surface area contributed by atoms with Crippen LogP contribution in [0.2, 0.25) is 0 Å². The van der Waals surface area contributed by atoms with Crippen molar-refractivity contribution < 1.29 is 33.0 Å². The maximum Gasteiger partial charge on any atom is 0.240 e. The SMILES string of the molecule is COc1c(CN2O[C@@H](CO)[C@@H]([C@H](C)O)[C@H]2C(=O)NC2C[C@H]3C[C@@H]([C@@H]2C)C3(C)C)cccc1-c1cccc(S(=O)(=O)N[C@H](CN(C)C)CC(C)(C)C)c1. The van der Waals surface area contributed by atoms with Gasteiger partial charge in [0.15, 0.2) is 0 Å². The first kappa shape index (κ1) is 40.6. The molecule has 4 fully saturated rings. The van der Waals surface area contributed by atoms with E-state index >= 15 is 0 Å². The summed E-state index contributed by atoms with van der Waals surface area (Å²) in [6, 6.07) is 11.3. The van der Waals surface area contributed by atoms with Gasteiger partial charge < -0.3 is 25.2 Å². The molecule has 3 aliphatic carbocycles. The number of aliphatic hydroxyl groups excluding tert-OH is 2. The van der Waals surface area contributed by atoms with E-state index in [2.05, 4.69) is 51.6 Å². The highest BCUT2D eigenvalue weighted by Gasteiger charge is 2.57. The van der Waals surface area contributed by atoms with Crippen LogP contribution in [0.25, 0.3) is 11.1 Å². The highest BCUT2D eigenvalue weighted by Crippen LogP contribution is 2.61. The van der Waals surface area contributed by atoms with Gasteiger partial charge in [-0.05, 0) is 86.6 Å². The van der Waals surface area contributed by atoms with Crippen LogP contribution < -0.4 is 14.8 Å². The molecule has 1 aliphatic heterocycles. The van der Waals surface area contributed by atoms with Gasteiger partial charge in [-0.15, -0.1) is 0 Å². The highest BCUT2D eigenvalue weighted by molar-refractivity contribution is 7.89. The molecule has 0 aromatic heterocycles. The van der Waals surface area contributed by atoms with E-state index in [9.17, 15) is 23.4 Å². The zero-order valence-corrected chi connectivity index (χ0v) is 33.5. The number of ether oxygens (including phenoxy) is 1. The summed E-state index contributed by atoms with van der Waals surface area (Å²) in [5, 5.41) is 26.1. The van der Waals surface area contributed by atoms with Gasteiger partial charge in [-0.1, -0.05) is 71.9 Å². The number of para-hydroxylation sites is 1. The van der Waals surface area contributed by atoms with Crippen LogP contribution in [0, 0.1) is 34.5 Å². The summed E-state index contributed by atoms with van der Waals surface area (Å²) >= 11 is 0. The van der Waals surface area contributed by atoms with E-state index < -0.39 is 34.2 Å². The van der Waals surface area contributed by atoms with E-state index in [0.29, 0.717) is 53.2 Å². The second-order valence-electron chi connectivity index (χ2n) is 17.6. The van der Waals surface area contributed by atoms with Crippen molar-refractivity contribution >= 4 is 15.9 Å². The number of carbonyl (C=O) groups is 1. The van der Waals surface area contributed by atoms with Crippen LogP contribution in [-0.2, 0) is 26.2 Å². The average molecular weight is 743 g/mol. The van der Waals surface area contributed by atoms with Crippen molar-refractivity contribution in [3.8, 4) is 16.9 Å². The Balaban J connectivity index is 1.41. The largest absolute Gasteiger partial charge is 0.496 e. The van der Waals surface area contributed by atoms with E-state index in [1.807, 2.05) is 43.3 Å². The summed E-state index contributed by atoms with van der Waals surface area (Å²) in [7, 11) is 1.56. The number of nitrogens with zero attached hydrogens (tertiary/aromatic N) is 2. The predicted octanol–water partition coefficient (Wildman–Crippen LogP) is 4.67. The standard InChI is InChI=1S/C40H62N4O7S/c1-24-32-18-28(40(32,6)7)19-33(24)41-38(47)36-35(25(2)46)34(23-45)51-44(36)21-27-14-12-16-31(37(27)50-10)26-13-11-15-30(17-26)52(48,49)42-29(22-43(8)9)20-39(3,4)5/h11-17,24-25,28-29,32-36,42,45-46H,18-23H2,1-10H3,(H,41,47)/t24-,25-,28+,29-,32-,33?,34-,35+,36-/m0/s1. The zero-order valence-electron chi connectivity index (χ0n) is 32.7. The fourth-order valence-electron chi connectivity index (χ4n) is 9.27. The van der Waals surface area contributed by atoms with Crippen molar-refractivity contribution in [3.05, 3.63) is 48.0 Å². The maximum absolute atomic E-state index is 14.2. The molecule has 1 heterocycles. The highest BCUT2D eigenvalue weighted by atomic mass is 32.2. The number of rotatable bonds is 14. The summed E-state index contributed by atoms with van der Waals surface area (Å²) in [6.07, 6.45) is 1.09. The first-order valence-corrected chi connectivity index (χ1v) is 20.2. The van der Waals surface area contributed by atoms with E-state index in [4.69, 9.17) is 9.57 Å². The van der Waals surface area contributed by atoms with Crippen LogP contribution in [0.4, 0.5) is 0 Å². The molecule has 290 valence electrons. The second-order valence-corrected chi connectivity index (χ2v) is 19.3. The molecule has 1 amide bonds. The van der Waals surface area contributed by atoms with Crippen LogP contribution in [-0.4, -0.2) is 99.2 Å². The molecule has 3 saturated carbocycles. The Morgan fingerprint density at radius 1 is 1.15 bits per heavy atom. The number of amides is 1. The van der Waals surface area contributed by atoms with E-state index in [1.54, 1.807) is 37.3 Å². The molecule has 52 heavy (non-hydrogen) atoms. The number of carbonyl (C=O) groups excluding carboxylic acids is 1. The molecule has 1 unspecified atom stereocenters. The number of aliphatic hydroxyl groups is 2. The Bertz CT molecular complexity index is 1670. The van der Waals surface area contributed by atoms with E-state index in [1.165, 1.54) is 6.42 Å². The van der Waals surface area contributed by atoms with Crippen LogP contribution in [0.3, 0.4) is 0 Å². The molecule has 4 N–H and O–H groups in total. The predicted molar refractivity (Wildman–Crippen MR) is 203 cm³/mol. The monoisotopic (exact) mass is 742 g/mol. The lowest BCUT2D eigenvalue weighted by Crippen LogP contribution is -2.62. The van der Waals surface area contributed by atoms with Gasteiger partial charge >= 0.3 is 0 Å². The summed E-state index contributed by atoms with van der Waals surface area (Å²) in [4.78, 5) is 22.5. The minimum atomic E-state index is -3.86. The Kier molecular flexibility index (Phi) is 12.2.